The Kier molecular flexibility index (Phi) is 8.30. The molecule has 1 aromatic heterocycles. The van der Waals surface area contributed by atoms with Gasteiger partial charge in [0.25, 0.3) is 0 Å². The van der Waals surface area contributed by atoms with Crippen LogP contribution in [0.1, 0.15) is 43.5 Å². The highest BCUT2D eigenvalue weighted by Crippen LogP contribution is 2.28. The number of halogens is 1. The van der Waals surface area contributed by atoms with Gasteiger partial charge in [0.15, 0.2) is 5.96 Å². The van der Waals surface area contributed by atoms with Crippen LogP contribution in [-0.2, 0) is 0 Å². The minimum Gasteiger partial charge on any atom is -0.354 e. The highest BCUT2D eigenvalue weighted by Gasteiger charge is 2.25. The Labute approximate surface area is 167 Å². The first-order valence-electron chi connectivity index (χ1n) is 9.01. The normalized spacial score (nSPS) is 21.6. The summed E-state index contributed by atoms with van der Waals surface area (Å²) < 4.78 is 0. The van der Waals surface area contributed by atoms with Gasteiger partial charge in [0.2, 0.25) is 0 Å². The maximum Gasteiger partial charge on any atom is 0.193 e. The van der Waals surface area contributed by atoms with Crippen LogP contribution in [0.2, 0.25) is 0 Å². The summed E-state index contributed by atoms with van der Waals surface area (Å²) in [7, 11) is 1.91. The number of piperidine rings is 1. The second-order valence-corrected chi connectivity index (χ2v) is 7.85. The molecule has 1 N–H and O–H groups in total. The molecule has 3 rings (SSSR count). The number of guanidine groups is 1. The first-order chi connectivity index (χ1) is 11.3. The van der Waals surface area contributed by atoms with Gasteiger partial charge in [0.1, 0.15) is 0 Å². The zero-order valence-electron chi connectivity index (χ0n) is 14.9. The third kappa shape index (κ3) is 5.08. The third-order valence-corrected chi connectivity index (χ3v) is 6.18. The summed E-state index contributed by atoms with van der Waals surface area (Å²) in [6.45, 7) is 8.03. The molecule has 1 atom stereocenters. The van der Waals surface area contributed by atoms with E-state index in [2.05, 4.69) is 44.5 Å². The predicted octanol–water partition coefficient (Wildman–Crippen LogP) is 3.81. The minimum atomic E-state index is 0. The number of thiophene rings is 1. The highest BCUT2D eigenvalue weighted by molar-refractivity contribution is 14.0. The van der Waals surface area contributed by atoms with Gasteiger partial charge in [-0.1, -0.05) is 13.0 Å². The topological polar surface area (TPSA) is 30.9 Å². The van der Waals surface area contributed by atoms with Gasteiger partial charge in [-0.2, -0.15) is 0 Å². The molecule has 1 unspecified atom stereocenters. The molecule has 2 saturated heterocycles. The molecule has 136 valence electrons. The monoisotopic (exact) mass is 462 g/mol. The Morgan fingerprint density at radius 1 is 1.29 bits per heavy atom. The lowest BCUT2D eigenvalue weighted by Gasteiger charge is -2.34. The molecule has 0 aromatic carbocycles. The van der Waals surface area contributed by atoms with Crippen LogP contribution in [0.4, 0.5) is 0 Å². The van der Waals surface area contributed by atoms with Crippen molar-refractivity contribution in [3.05, 3.63) is 22.4 Å². The maximum atomic E-state index is 4.53. The number of aliphatic imine (C=N–C) groups is 1. The van der Waals surface area contributed by atoms with Gasteiger partial charge in [-0.15, -0.1) is 35.3 Å². The van der Waals surface area contributed by atoms with E-state index in [0.717, 1.165) is 31.5 Å². The van der Waals surface area contributed by atoms with Crippen molar-refractivity contribution in [3.63, 3.8) is 0 Å². The van der Waals surface area contributed by atoms with Crippen molar-refractivity contribution in [1.29, 1.82) is 0 Å². The largest absolute Gasteiger partial charge is 0.354 e. The van der Waals surface area contributed by atoms with E-state index in [4.69, 9.17) is 0 Å². The van der Waals surface area contributed by atoms with E-state index in [1.165, 1.54) is 43.6 Å². The van der Waals surface area contributed by atoms with E-state index >= 15 is 0 Å². The summed E-state index contributed by atoms with van der Waals surface area (Å²) in [5.74, 6) is 1.94. The molecule has 0 amide bonds. The first kappa shape index (κ1) is 20.0. The van der Waals surface area contributed by atoms with E-state index in [9.17, 15) is 0 Å². The highest BCUT2D eigenvalue weighted by atomic mass is 127. The van der Waals surface area contributed by atoms with Crippen LogP contribution in [0.25, 0.3) is 0 Å². The molecule has 2 aliphatic heterocycles. The van der Waals surface area contributed by atoms with E-state index in [0.29, 0.717) is 6.04 Å². The summed E-state index contributed by atoms with van der Waals surface area (Å²) in [6.07, 6.45) is 5.23. The van der Waals surface area contributed by atoms with Crippen LogP contribution < -0.4 is 5.32 Å². The van der Waals surface area contributed by atoms with Crippen LogP contribution >= 0.6 is 35.3 Å². The number of likely N-dealkylation sites (tertiary alicyclic amines) is 2. The van der Waals surface area contributed by atoms with Crippen LogP contribution in [-0.4, -0.2) is 55.5 Å². The van der Waals surface area contributed by atoms with E-state index in [-0.39, 0.29) is 24.0 Å². The number of nitrogens with zero attached hydrogens (tertiary/aromatic N) is 3. The van der Waals surface area contributed by atoms with E-state index in [1.807, 2.05) is 18.4 Å². The molecule has 2 aliphatic rings. The Hall–Kier alpha value is -0.340. The molecule has 4 nitrogen and oxygen atoms in total. The van der Waals surface area contributed by atoms with Gasteiger partial charge in [0, 0.05) is 31.6 Å². The van der Waals surface area contributed by atoms with Crippen molar-refractivity contribution in [1.82, 2.24) is 15.1 Å². The second-order valence-electron chi connectivity index (χ2n) is 6.87. The van der Waals surface area contributed by atoms with Crippen LogP contribution in [0.3, 0.4) is 0 Å². The number of nitrogens with one attached hydrogen (secondary N) is 1. The Morgan fingerprint density at radius 3 is 2.58 bits per heavy atom. The Balaban J connectivity index is 0.00000208. The fourth-order valence-electron chi connectivity index (χ4n) is 3.68. The Morgan fingerprint density at radius 2 is 2.00 bits per heavy atom. The van der Waals surface area contributed by atoms with E-state index < -0.39 is 0 Å². The van der Waals surface area contributed by atoms with Crippen molar-refractivity contribution < 1.29 is 0 Å². The van der Waals surface area contributed by atoms with Crippen LogP contribution in [0.15, 0.2) is 22.5 Å². The summed E-state index contributed by atoms with van der Waals surface area (Å²) in [6, 6.07) is 4.93. The lowest BCUT2D eigenvalue weighted by Crippen LogP contribution is -2.47. The quantitative estimate of drug-likeness (QED) is 0.420. The summed E-state index contributed by atoms with van der Waals surface area (Å²) in [5, 5.41) is 5.85. The molecule has 0 radical (unpaired) electrons. The number of hydrogen-bond donors (Lipinski definition) is 1. The lowest BCUT2D eigenvalue weighted by molar-refractivity contribution is 0.240. The van der Waals surface area contributed by atoms with Crippen LogP contribution in [0, 0.1) is 5.92 Å². The number of hydrogen-bond acceptors (Lipinski definition) is 3. The molecule has 0 spiro atoms. The zero-order chi connectivity index (χ0) is 16.1. The smallest absolute Gasteiger partial charge is 0.193 e. The minimum absolute atomic E-state index is 0. The fourth-order valence-corrected chi connectivity index (χ4v) is 4.55. The summed E-state index contributed by atoms with van der Waals surface area (Å²) in [4.78, 5) is 11.1. The molecule has 6 heteroatoms. The standard InChI is InChI=1S/C18H30N4S.HI/c1-15-7-11-22(12-8-15)18(19-2)20-14-16(17-6-5-13-23-17)21-9-3-4-10-21;/h5-6,13,15-16H,3-4,7-12,14H2,1-2H3,(H,19,20);1H. The molecule has 0 bridgehead atoms. The Bertz CT molecular complexity index is 491. The average molecular weight is 462 g/mol. The first-order valence-corrected chi connectivity index (χ1v) is 9.89. The zero-order valence-corrected chi connectivity index (χ0v) is 18.1. The molecule has 3 heterocycles. The number of rotatable bonds is 4. The SMILES string of the molecule is CN=C(NCC(c1cccs1)N1CCCC1)N1CCC(C)CC1.I. The molecule has 2 fully saturated rings. The van der Waals surface area contributed by atoms with Crippen molar-refractivity contribution >= 4 is 41.3 Å². The van der Waals surface area contributed by atoms with Crippen LogP contribution in [0.5, 0.6) is 0 Å². The molecule has 0 saturated carbocycles. The molecule has 24 heavy (non-hydrogen) atoms. The van der Waals surface area contributed by atoms with Gasteiger partial charge in [0.05, 0.1) is 6.04 Å². The molecule has 0 aliphatic carbocycles. The van der Waals surface area contributed by atoms with Gasteiger partial charge in [-0.25, -0.2) is 0 Å². The molecule has 1 aromatic rings. The summed E-state index contributed by atoms with van der Waals surface area (Å²) in [5.41, 5.74) is 0. The summed E-state index contributed by atoms with van der Waals surface area (Å²) >= 11 is 1.88. The van der Waals surface area contributed by atoms with Crippen molar-refractivity contribution in [3.8, 4) is 0 Å². The van der Waals surface area contributed by atoms with Gasteiger partial charge in [-0.3, -0.25) is 9.89 Å². The van der Waals surface area contributed by atoms with Crippen molar-refractivity contribution in [2.45, 2.75) is 38.6 Å². The second kappa shape index (κ2) is 9.97. The maximum absolute atomic E-state index is 4.53. The van der Waals surface area contributed by atoms with E-state index in [1.54, 1.807) is 0 Å². The van der Waals surface area contributed by atoms with Crippen molar-refractivity contribution in [2.24, 2.45) is 10.9 Å². The van der Waals surface area contributed by atoms with Crippen molar-refractivity contribution in [2.75, 3.05) is 39.8 Å². The van der Waals surface area contributed by atoms with Gasteiger partial charge < -0.3 is 10.2 Å². The fraction of sp³-hybridized carbons (Fsp3) is 0.722. The lowest BCUT2D eigenvalue weighted by atomic mass is 9.99. The predicted molar refractivity (Wildman–Crippen MR) is 115 cm³/mol. The third-order valence-electron chi connectivity index (χ3n) is 5.20. The van der Waals surface area contributed by atoms with Gasteiger partial charge in [-0.05, 0) is 56.1 Å². The molecular formula is C18H31IN4S. The average Bonchev–Trinajstić information content (AvgIpc) is 3.27. The van der Waals surface area contributed by atoms with Gasteiger partial charge >= 0.3 is 0 Å². The molecular weight excluding hydrogens is 431 g/mol.